The van der Waals surface area contributed by atoms with Crippen LogP contribution in [0.2, 0.25) is 0 Å². The van der Waals surface area contributed by atoms with E-state index in [1.807, 2.05) is 0 Å². The zero-order valence-electron chi connectivity index (χ0n) is 9.73. The fourth-order valence-electron chi connectivity index (χ4n) is 1.16. The van der Waals surface area contributed by atoms with Crippen LogP contribution in [0, 0.1) is 0 Å². The molecule has 0 atom stereocenters. The third kappa shape index (κ3) is 6.76. The number of ether oxygens (including phenoxy) is 3. The van der Waals surface area contributed by atoms with Crippen molar-refractivity contribution in [2.45, 2.75) is 0 Å². The number of halogens is 1. The highest BCUT2D eigenvalue weighted by Gasteiger charge is 1.94. The molecule has 0 aliphatic carbocycles. The Morgan fingerprint density at radius 1 is 0.882 bits per heavy atom. The zero-order chi connectivity index (χ0) is 12.3. The molecule has 4 nitrogen and oxygen atoms in total. The van der Waals surface area contributed by atoms with Gasteiger partial charge in [0, 0.05) is 5.69 Å². The molecule has 0 bridgehead atoms. The van der Waals surface area contributed by atoms with E-state index in [1.165, 1.54) is 0 Å². The first-order chi connectivity index (χ1) is 8.33. The molecule has 2 N–H and O–H groups in total. The molecule has 1 aromatic rings. The number of nitrogen functional groups attached to an aromatic ring is 1. The smallest absolute Gasteiger partial charge is 0.119 e. The second-order valence-corrected chi connectivity index (χ2v) is 3.33. The summed E-state index contributed by atoms with van der Waals surface area (Å²) in [5, 5.41) is 0. The van der Waals surface area contributed by atoms with E-state index < -0.39 is 6.67 Å². The summed E-state index contributed by atoms with van der Waals surface area (Å²) in [6.45, 7) is 1.47. The highest BCUT2D eigenvalue weighted by atomic mass is 19.1. The van der Waals surface area contributed by atoms with Crippen molar-refractivity contribution in [2.75, 3.05) is 45.4 Å². The van der Waals surface area contributed by atoms with E-state index in [2.05, 4.69) is 0 Å². The quantitative estimate of drug-likeness (QED) is 0.529. The molecule has 0 heterocycles. The normalized spacial score (nSPS) is 10.4. The Bertz CT molecular complexity index is 292. The van der Waals surface area contributed by atoms with Crippen LogP contribution in [0.15, 0.2) is 24.3 Å². The van der Waals surface area contributed by atoms with Crippen molar-refractivity contribution in [3.63, 3.8) is 0 Å². The van der Waals surface area contributed by atoms with Crippen LogP contribution in [0.5, 0.6) is 5.75 Å². The molecule has 1 aromatic carbocycles. The minimum atomic E-state index is -0.458. The van der Waals surface area contributed by atoms with Crippen LogP contribution in [0.1, 0.15) is 0 Å². The standard InChI is InChI=1S/C12H18FNO3/c13-5-6-15-7-8-16-9-10-17-12-3-1-11(14)2-4-12/h1-4H,5-10,14H2. The minimum Gasteiger partial charge on any atom is -0.491 e. The van der Waals surface area contributed by atoms with Gasteiger partial charge in [0.1, 0.15) is 19.0 Å². The van der Waals surface area contributed by atoms with Gasteiger partial charge in [-0.3, -0.25) is 0 Å². The lowest BCUT2D eigenvalue weighted by molar-refractivity contribution is 0.0325. The number of benzene rings is 1. The van der Waals surface area contributed by atoms with Crippen LogP contribution in [0.4, 0.5) is 10.1 Å². The Balaban J connectivity index is 1.95. The third-order valence-corrected chi connectivity index (χ3v) is 1.97. The third-order valence-electron chi connectivity index (χ3n) is 1.97. The Morgan fingerprint density at radius 2 is 1.47 bits per heavy atom. The van der Waals surface area contributed by atoms with Crippen LogP contribution in [0.25, 0.3) is 0 Å². The van der Waals surface area contributed by atoms with Gasteiger partial charge in [-0.05, 0) is 24.3 Å². The van der Waals surface area contributed by atoms with Gasteiger partial charge in [0.05, 0.1) is 26.4 Å². The van der Waals surface area contributed by atoms with Gasteiger partial charge in [-0.15, -0.1) is 0 Å². The van der Waals surface area contributed by atoms with Gasteiger partial charge in [-0.2, -0.15) is 0 Å². The number of hydrogen-bond donors (Lipinski definition) is 1. The summed E-state index contributed by atoms with van der Waals surface area (Å²) < 4.78 is 27.2. The first kappa shape index (κ1) is 13.7. The molecule has 0 aliphatic heterocycles. The molecule has 0 fully saturated rings. The first-order valence-electron chi connectivity index (χ1n) is 5.52. The summed E-state index contributed by atoms with van der Waals surface area (Å²) in [4.78, 5) is 0. The summed E-state index contributed by atoms with van der Waals surface area (Å²) in [5.74, 6) is 0.761. The van der Waals surface area contributed by atoms with Crippen molar-refractivity contribution < 1.29 is 18.6 Å². The maximum Gasteiger partial charge on any atom is 0.119 e. The average molecular weight is 243 g/mol. The minimum absolute atomic E-state index is 0.130. The van der Waals surface area contributed by atoms with Crippen molar-refractivity contribution in [3.05, 3.63) is 24.3 Å². The van der Waals surface area contributed by atoms with Gasteiger partial charge in [0.15, 0.2) is 0 Å². The summed E-state index contributed by atoms with van der Waals surface area (Å²) in [6, 6.07) is 7.17. The van der Waals surface area contributed by atoms with Crippen LogP contribution in [-0.2, 0) is 9.47 Å². The monoisotopic (exact) mass is 243 g/mol. The first-order valence-corrected chi connectivity index (χ1v) is 5.52. The lowest BCUT2D eigenvalue weighted by atomic mass is 10.3. The van der Waals surface area contributed by atoms with E-state index in [0.717, 1.165) is 5.75 Å². The molecule has 0 unspecified atom stereocenters. The highest BCUT2D eigenvalue weighted by Crippen LogP contribution is 2.12. The Hall–Kier alpha value is -1.33. The van der Waals surface area contributed by atoms with Crippen molar-refractivity contribution >= 4 is 5.69 Å². The molecule has 0 radical (unpaired) electrons. The highest BCUT2D eigenvalue weighted by molar-refractivity contribution is 5.41. The van der Waals surface area contributed by atoms with Gasteiger partial charge >= 0.3 is 0 Å². The number of hydrogen-bond acceptors (Lipinski definition) is 4. The van der Waals surface area contributed by atoms with Crippen molar-refractivity contribution in [3.8, 4) is 5.75 Å². The molecule has 96 valence electrons. The van der Waals surface area contributed by atoms with Crippen LogP contribution in [0.3, 0.4) is 0 Å². The van der Waals surface area contributed by atoms with E-state index in [0.29, 0.717) is 32.1 Å². The van der Waals surface area contributed by atoms with Gasteiger partial charge in [0.25, 0.3) is 0 Å². The van der Waals surface area contributed by atoms with E-state index in [4.69, 9.17) is 19.9 Å². The number of rotatable bonds is 9. The van der Waals surface area contributed by atoms with Crippen molar-refractivity contribution in [1.29, 1.82) is 0 Å². The second-order valence-electron chi connectivity index (χ2n) is 3.33. The van der Waals surface area contributed by atoms with Gasteiger partial charge in [-0.1, -0.05) is 0 Å². The lowest BCUT2D eigenvalue weighted by Gasteiger charge is -2.07. The van der Waals surface area contributed by atoms with E-state index in [1.54, 1.807) is 24.3 Å². The predicted molar refractivity (Wildman–Crippen MR) is 64.0 cm³/mol. The molecule has 0 amide bonds. The Kier molecular flexibility index (Phi) is 7.09. The van der Waals surface area contributed by atoms with E-state index in [9.17, 15) is 4.39 Å². The lowest BCUT2D eigenvalue weighted by Crippen LogP contribution is -2.11. The molecule has 0 aliphatic rings. The molecule has 0 saturated carbocycles. The molecule has 0 saturated heterocycles. The van der Waals surface area contributed by atoms with Crippen molar-refractivity contribution in [2.24, 2.45) is 0 Å². The molecule has 5 heteroatoms. The SMILES string of the molecule is Nc1ccc(OCCOCCOCCF)cc1. The number of anilines is 1. The van der Waals surface area contributed by atoms with Gasteiger partial charge in [-0.25, -0.2) is 4.39 Å². The molecule has 17 heavy (non-hydrogen) atoms. The summed E-state index contributed by atoms with van der Waals surface area (Å²) in [6.07, 6.45) is 0. The fraction of sp³-hybridized carbons (Fsp3) is 0.500. The zero-order valence-corrected chi connectivity index (χ0v) is 9.73. The molecular weight excluding hydrogens is 225 g/mol. The summed E-state index contributed by atoms with van der Waals surface area (Å²) in [5.41, 5.74) is 6.25. The maximum absolute atomic E-state index is 11.6. The molecule has 1 rings (SSSR count). The Labute approximate surface area is 100 Å². The van der Waals surface area contributed by atoms with E-state index in [-0.39, 0.29) is 6.61 Å². The van der Waals surface area contributed by atoms with Gasteiger partial charge in [0.2, 0.25) is 0 Å². The number of alkyl halides is 1. The van der Waals surface area contributed by atoms with Crippen LogP contribution in [-0.4, -0.2) is 39.7 Å². The summed E-state index contributed by atoms with van der Waals surface area (Å²) >= 11 is 0. The van der Waals surface area contributed by atoms with Gasteiger partial charge < -0.3 is 19.9 Å². The second kappa shape index (κ2) is 8.78. The Morgan fingerprint density at radius 3 is 2.12 bits per heavy atom. The van der Waals surface area contributed by atoms with Crippen LogP contribution < -0.4 is 10.5 Å². The van der Waals surface area contributed by atoms with Crippen LogP contribution >= 0.6 is 0 Å². The molecular formula is C12H18FNO3. The predicted octanol–water partition coefficient (Wildman–Crippen LogP) is 1.65. The topological polar surface area (TPSA) is 53.7 Å². The largest absolute Gasteiger partial charge is 0.491 e. The average Bonchev–Trinajstić information content (AvgIpc) is 2.35. The fourth-order valence-corrected chi connectivity index (χ4v) is 1.16. The molecule has 0 spiro atoms. The number of nitrogens with two attached hydrogens (primary N) is 1. The van der Waals surface area contributed by atoms with E-state index >= 15 is 0 Å². The molecule has 0 aromatic heterocycles. The maximum atomic E-state index is 11.6. The van der Waals surface area contributed by atoms with Crippen molar-refractivity contribution in [1.82, 2.24) is 0 Å². The summed E-state index contributed by atoms with van der Waals surface area (Å²) in [7, 11) is 0.